The predicted molar refractivity (Wildman–Crippen MR) is 119 cm³/mol. The van der Waals surface area contributed by atoms with E-state index in [0.29, 0.717) is 46.3 Å². The number of ketones is 1. The maximum atomic E-state index is 12.6. The maximum absolute atomic E-state index is 12.6. The van der Waals surface area contributed by atoms with Gasteiger partial charge in [0.15, 0.2) is 11.5 Å². The lowest BCUT2D eigenvalue weighted by Crippen LogP contribution is -2.07. The van der Waals surface area contributed by atoms with E-state index in [4.69, 9.17) is 18.9 Å². The van der Waals surface area contributed by atoms with Gasteiger partial charge in [0.05, 0.1) is 17.8 Å². The number of hydrogen-bond donors (Lipinski definition) is 0. The van der Waals surface area contributed by atoms with Crippen molar-refractivity contribution >= 4 is 27.8 Å². The smallest absolute Gasteiger partial charge is 0.231 e. The highest BCUT2D eigenvalue weighted by Crippen LogP contribution is 2.35. The van der Waals surface area contributed by atoms with Gasteiger partial charge < -0.3 is 18.9 Å². The van der Waals surface area contributed by atoms with Crippen LogP contribution in [-0.4, -0.2) is 29.5 Å². The van der Waals surface area contributed by atoms with E-state index >= 15 is 0 Å². The van der Waals surface area contributed by atoms with Crippen LogP contribution < -0.4 is 18.9 Å². The lowest BCUT2D eigenvalue weighted by Gasteiger charge is -2.11. The summed E-state index contributed by atoms with van der Waals surface area (Å²) >= 11 is 3.39. The molecule has 3 aromatic rings. The molecule has 0 aliphatic carbocycles. The number of carbonyl (C=O) groups excluding carboxylic acids is 1. The molecule has 0 saturated heterocycles. The number of ether oxygens (including phenoxy) is 4. The van der Waals surface area contributed by atoms with Crippen LogP contribution in [0.1, 0.15) is 28.5 Å². The number of fused-ring (bicyclic) bond motifs is 1. The highest BCUT2D eigenvalue weighted by molar-refractivity contribution is 9.10. The van der Waals surface area contributed by atoms with Crippen molar-refractivity contribution in [3.05, 3.63) is 70.0 Å². The van der Waals surface area contributed by atoms with E-state index in [9.17, 15) is 4.79 Å². The van der Waals surface area contributed by atoms with E-state index in [0.717, 1.165) is 11.1 Å². The van der Waals surface area contributed by atoms with E-state index in [1.807, 2.05) is 37.3 Å². The van der Waals surface area contributed by atoms with Crippen molar-refractivity contribution in [2.75, 3.05) is 13.9 Å². The zero-order valence-corrected chi connectivity index (χ0v) is 18.7. The van der Waals surface area contributed by atoms with Crippen molar-refractivity contribution in [3.8, 4) is 23.0 Å². The summed E-state index contributed by atoms with van der Waals surface area (Å²) in [4.78, 5) is 12.6. The first-order chi connectivity index (χ1) is 15.1. The van der Waals surface area contributed by atoms with Crippen molar-refractivity contribution in [3.63, 3.8) is 0 Å². The molecule has 0 N–H and O–H groups in total. The van der Waals surface area contributed by atoms with Crippen LogP contribution >= 0.6 is 15.9 Å². The molecule has 0 spiro atoms. The first-order valence-corrected chi connectivity index (χ1v) is 10.5. The molecule has 2 aromatic carbocycles. The molecule has 8 heteroatoms. The molecule has 0 radical (unpaired) electrons. The summed E-state index contributed by atoms with van der Waals surface area (Å²) in [5.41, 5.74) is 2.24. The number of aromatic nitrogens is 2. The monoisotopic (exact) mass is 484 g/mol. The fourth-order valence-electron chi connectivity index (χ4n) is 3.24. The van der Waals surface area contributed by atoms with Crippen LogP contribution in [0.25, 0.3) is 6.08 Å². The van der Waals surface area contributed by atoms with Crippen molar-refractivity contribution in [2.24, 2.45) is 0 Å². The number of hydrogen-bond acceptors (Lipinski definition) is 6. The van der Waals surface area contributed by atoms with Gasteiger partial charge in [-0.15, -0.1) is 0 Å². The van der Waals surface area contributed by atoms with Crippen LogP contribution in [-0.2, 0) is 13.2 Å². The number of aryl methyl sites for hydroxylation is 1. The number of allylic oxidation sites excluding steroid dienone is 1. The number of nitrogens with zero attached hydrogens (tertiary/aromatic N) is 2. The van der Waals surface area contributed by atoms with Crippen molar-refractivity contribution < 1.29 is 23.7 Å². The summed E-state index contributed by atoms with van der Waals surface area (Å²) < 4.78 is 24.4. The number of rotatable bonds is 8. The Labute approximate surface area is 188 Å². The van der Waals surface area contributed by atoms with Crippen LogP contribution in [0.15, 0.2) is 53.1 Å². The maximum Gasteiger partial charge on any atom is 0.231 e. The minimum atomic E-state index is -0.125. The summed E-state index contributed by atoms with van der Waals surface area (Å²) in [6.07, 6.45) is 4.94. The Morgan fingerprint density at radius 3 is 2.87 bits per heavy atom. The van der Waals surface area contributed by atoms with Gasteiger partial charge in [-0.25, -0.2) is 0 Å². The van der Waals surface area contributed by atoms with E-state index in [1.165, 1.54) is 6.08 Å². The third-order valence-electron chi connectivity index (χ3n) is 4.80. The Hall–Kier alpha value is -3.26. The zero-order chi connectivity index (χ0) is 21.8. The summed E-state index contributed by atoms with van der Waals surface area (Å²) in [5.74, 6) is 2.62. The van der Waals surface area contributed by atoms with Gasteiger partial charge in [-0.1, -0.05) is 12.1 Å². The molecule has 0 unspecified atom stereocenters. The minimum Gasteiger partial charge on any atom is -0.496 e. The second-order valence-corrected chi connectivity index (χ2v) is 7.58. The van der Waals surface area contributed by atoms with Crippen molar-refractivity contribution in [1.29, 1.82) is 0 Å². The first kappa shape index (κ1) is 21.0. The molecule has 1 aliphatic rings. The Morgan fingerprint density at radius 1 is 1.23 bits per heavy atom. The van der Waals surface area contributed by atoms with Gasteiger partial charge in [0.25, 0.3) is 0 Å². The zero-order valence-electron chi connectivity index (χ0n) is 17.1. The van der Waals surface area contributed by atoms with E-state index in [2.05, 4.69) is 21.0 Å². The molecule has 0 fully saturated rings. The average Bonchev–Trinajstić information content (AvgIpc) is 3.41. The van der Waals surface area contributed by atoms with Gasteiger partial charge in [0, 0.05) is 18.2 Å². The number of benzene rings is 2. The Bertz CT molecular complexity index is 1140. The van der Waals surface area contributed by atoms with E-state index in [1.54, 1.807) is 30.1 Å². The molecule has 160 valence electrons. The summed E-state index contributed by atoms with van der Waals surface area (Å²) in [6.45, 7) is 3.07. The van der Waals surface area contributed by atoms with Gasteiger partial charge >= 0.3 is 0 Å². The lowest BCUT2D eigenvalue weighted by molar-refractivity contribution is 0.103. The molecule has 0 saturated carbocycles. The third kappa shape index (κ3) is 4.59. The van der Waals surface area contributed by atoms with Gasteiger partial charge in [-0.05, 0) is 58.8 Å². The van der Waals surface area contributed by atoms with Crippen molar-refractivity contribution in [1.82, 2.24) is 9.78 Å². The van der Waals surface area contributed by atoms with Gasteiger partial charge in [-0.2, -0.15) is 5.10 Å². The van der Waals surface area contributed by atoms with E-state index < -0.39 is 0 Å². The number of carbonyl (C=O) groups is 1. The fourth-order valence-corrected chi connectivity index (χ4v) is 3.73. The van der Waals surface area contributed by atoms with Crippen LogP contribution in [0.2, 0.25) is 0 Å². The Kier molecular flexibility index (Phi) is 6.27. The molecule has 0 atom stereocenters. The van der Waals surface area contributed by atoms with Crippen LogP contribution in [0.5, 0.6) is 23.0 Å². The fraction of sp³-hybridized carbons (Fsp3) is 0.217. The standard InChI is InChI=1S/C23H21BrN2O5/c1-3-26-23(18(24)12-25-26)19(27)7-4-15-5-8-20(28-2)16(10-15)13-29-17-6-9-21-22(11-17)31-14-30-21/h4-12H,3,13-14H2,1-2H3/b7-4+. The summed E-state index contributed by atoms with van der Waals surface area (Å²) in [6, 6.07) is 11.1. The second kappa shape index (κ2) is 9.26. The molecule has 4 rings (SSSR count). The predicted octanol–water partition coefficient (Wildman–Crippen LogP) is 4.88. The van der Waals surface area contributed by atoms with Gasteiger partial charge in [-0.3, -0.25) is 9.48 Å². The molecule has 0 bridgehead atoms. The SMILES string of the molecule is CCn1ncc(Br)c1C(=O)/C=C/c1ccc(OC)c(COc2ccc3c(c2)OCO3)c1. The highest BCUT2D eigenvalue weighted by atomic mass is 79.9. The Morgan fingerprint density at radius 2 is 2.06 bits per heavy atom. The average molecular weight is 485 g/mol. The largest absolute Gasteiger partial charge is 0.496 e. The first-order valence-electron chi connectivity index (χ1n) is 9.72. The topological polar surface area (TPSA) is 71.8 Å². The quantitative estimate of drug-likeness (QED) is 0.335. The van der Waals surface area contributed by atoms with Gasteiger partial charge in [0.1, 0.15) is 23.8 Å². The molecule has 1 aromatic heterocycles. The molecule has 7 nitrogen and oxygen atoms in total. The van der Waals surface area contributed by atoms with Crippen LogP contribution in [0.3, 0.4) is 0 Å². The summed E-state index contributed by atoms with van der Waals surface area (Å²) in [5, 5.41) is 4.19. The molecular formula is C23H21BrN2O5. The molecule has 2 heterocycles. The minimum absolute atomic E-state index is 0.125. The normalized spacial score (nSPS) is 12.4. The van der Waals surface area contributed by atoms with Crippen molar-refractivity contribution in [2.45, 2.75) is 20.1 Å². The number of halogens is 1. The molecule has 0 amide bonds. The highest BCUT2D eigenvalue weighted by Gasteiger charge is 2.15. The lowest BCUT2D eigenvalue weighted by atomic mass is 10.1. The summed E-state index contributed by atoms with van der Waals surface area (Å²) in [7, 11) is 1.61. The van der Waals surface area contributed by atoms with E-state index in [-0.39, 0.29) is 12.6 Å². The van der Waals surface area contributed by atoms with Gasteiger partial charge in [0.2, 0.25) is 12.6 Å². The Balaban J connectivity index is 1.50. The van der Waals surface area contributed by atoms with Crippen LogP contribution in [0, 0.1) is 0 Å². The second-order valence-electron chi connectivity index (χ2n) is 6.73. The molecular weight excluding hydrogens is 464 g/mol. The van der Waals surface area contributed by atoms with Crippen LogP contribution in [0.4, 0.5) is 0 Å². The number of methoxy groups -OCH3 is 1. The molecule has 1 aliphatic heterocycles. The third-order valence-corrected chi connectivity index (χ3v) is 5.38. The molecule has 31 heavy (non-hydrogen) atoms.